The van der Waals surface area contributed by atoms with Gasteiger partial charge in [-0.05, 0) is 24.3 Å². The third-order valence-corrected chi connectivity index (χ3v) is 2.33. The number of phenolic OH excluding ortho intramolecular Hbond substituents is 1. The topological polar surface area (TPSA) is 68.6 Å². The summed E-state index contributed by atoms with van der Waals surface area (Å²) in [5.74, 6) is 1.64. The Hall–Kier alpha value is -1.94. The second-order valence-electron chi connectivity index (χ2n) is 3.85. The molecule has 0 aliphatic rings. The maximum atomic E-state index is 9.26. The lowest BCUT2D eigenvalue weighted by Gasteiger charge is -2.12. The first-order chi connectivity index (χ1) is 8.24. The van der Waals surface area contributed by atoms with Crippen LogP contribution in [0.3, 0.4) is 0 Å². The van der Waals surface area contributed by atoms with Crippen molar-refractivity contribution in [3.63, 3.8) is 0 Å². The lowest BCUT2D eigenvalue weighted by molar-refractivity contribution is 0.280. The van der Waals surface area contributed by atoms with Crippen LogP contribution in [0.5, 0.6) is 11.5 Å². The van der Waals surface area contributed by atoms with Crippen molar-refractivity contribution < 1.29 is 14.3 Å². The van der Waals surface area contributed by atoms with Crippen LogP contribution in [0.1, 0.15) is 5.76 Å². The van der Waals surface area contributed by atoms with Gasteiger partial charge in [0.1, 0.15) is 23.9 Å². The Labute approximate surface area is 99.6 Å². The zero-order chi connectivity index (χ0) is 12.1. The average molecular weight is 233 g/mol. The van der Waals surface area contributed by atoms with Gasteiger partial charge in [0.25, 0.3) is 0 Å². The summed E-state index contributed by atoms with van der Waals surface area (Å²) in [6.45, 7) is 0.379. The summed E-state index contributed by atoms with van der Waals surface area (Å²) in [6, 6.07) is 10.2. The van der Waals surface area contributed by atoms with E-state index in [0.29, 0.717) is 18.8 Å². The third kappa shape index (κ3) is 3.53. The molecule has 0 radical (unpaired) electrons. The van der Waals surface area contributed by atoms with Gasteiger partial charge in [0.15, 0.2) is 0 Å². The van der Waals surface area contributed by atoms with Crippen molar-refractivity contribution in [3.05, 3.63) is 48.4 Å². The van der Waals surface area contributed by atoms with E-state index in [1.807, 2.05) is 12.1 Å². The Kier molecular flexibility index (Phi) is 3.67. The van der Waals surface area contributed by atoms with E-state index in [1.54, 1.807) is 30.5 Å². The van der Waals surface area contributed by atoms with Gasteiger partial charge in [-0.2, -0.15) is 0 Å². The van der Waals surface area contributed by atoms with Gasteiger partial charge in [-0.3, -0.25) is 0 Å². The van der Waals surface area contributed by atoms with Crippen molar-refractivity contribution in [2.24, 2.45) is 5.73 Å². The fraction of sp³-hybridized carbons (Fsp3) is 0.231. The van der Waals surface area contributed by atoms with Crippen molar-refractivity contribution in [2.75, 3.05) is 6.61 Å². The third-order valence-electron chi connectivity index (χ3n) is 2.33. The molecule has 4 nitrogen and oxygen atoms in total. The number of benzene rings is 1. The minimum absolute atomic E-state index is 0.136. The summed E-state index contributed by atoms with van der Waals surface area (Å²) in [5.41, 5.74) is 5.90. The Morgan fingerprint density at radius 2 is 2.18 bits per heavy atom. The minimum Gasteiger partial charge on any atom is -0.508 e. The van der Waals surface area contributed by atoms with Gasteiger partial charge in [0.2, 0.25) is 0 Å². The number of hydrogen-bond donors (Lipinski definition) is 2. The number of nitrogens with two attached hydrogens (primary N) is 1. The van der Waals surface area contributed by atoms with Crippen LogP contribution in [0.15, 0.2) is 47.1 Å². The molecule has 0 amide bonds. The summed E-state index contributed by atoms with van der Waals surface area (Å²) in [5, 5.41) is 9.26. The van der Waals surface area contributed by atoms with Crippen LogP contribution in [0.2, 0.25) is 0 Å². The molecule has 0 bridgehead atoms. The zero-order valence-corrected chi connectivity index (χ0v) is 9.37. The summed E-state index contributed by atoms with van der Waals surface area (Å²) < 4.78 is 10.7. The molecule has 4 heteroatoms. The number of ether oxygens (including phenoxy) is 1. The van der Waals surface area contributed by atoms with Gasteiger partial charge >= 0.3 is 0 Å². The van der Waals surface area contributed by atoms with Crippen LogP contribution in [-0.4, -0.2) is 17.8 Å². The monoisotopic (exact) mass is 233 g/mol. The average Bonchev–Trinajstić information content (AvgIpc) is 2.79. The van der Waals surface area contributed by atoms with Crippen molar-refractivity contribution >= 4 is 0 Å². The highest BCUT2D eigenvalue weighted by Gasteiger charge is 2.07. The van der Waals surface area contributed by atoms with E-state index in [9.17, 15) is 5.11 Å². The van der Waals surface area contributed by atoms with Crippen LogP contribution < -0.4 is 10.5 Å². The summed E-state index contributed by atoms with van der Waals surface area (Å²) in [4.78, 5) is 0. The van der Waals surface area contributed by atoms with Crippen LogP contribution in [-0.2, 0) is 6.42 Å². The molecule has 0 saturated carbocycles. The van der Waals surface area contributed by atoms with E-state index in [-0.39, 0.29) is 11.8 Å². The molecule has 2 rings (SSSR count). The van der Waals surface area contributed by atoms with Crippen molar-refractivity contribution in [1.82, 2.24) is 0 Å². The van der Waals surface area contributed by atoms with Crippen LogP contribution in [0.25, 0.3) is 0 Å². The quantitative estimate of drug-likeness (QED) is 0.828. The van der Waals surface area contributed by atoms with Gasteiger partial charge < -0.3 is 20.0 Å². The number of rotatable bonds is 5. The molecule has 0 aliphatic carbocycles. The molecule has 2 aromatic rings. The maximum absolute atomic E-state index is 9.26. The van der Waals surface area contributed by atoms with Gasteiger partial charge in [0.05, 0.1) is 6.26 Å². The molecule has 1 atom stereocenters. The van der Waals surface area contributed by atoms with Gasteiger partial charge in [0, 0.05) is 18.5 Å². The highest BCUT2D eigenvalue weighted by atomic mass is 16.5. The summed E-state index contributed by atoms with van der Waals surface area (Å²) in [7, 11) is 0. The van der Waals surface area contributed by atoms with Gasteiger partial charge in [-0.1, -0.05) is 6.07 Å². The molecule has 1 heterocycles. The first kappa shape index (κ1) is 11.5. The predicted octanol–water partition coefficient (Wildman–Crippen LogP) is 1.93. The van der Waals surface area contributed by atoms with Crippen molar-refractivity contribution in [1.29, 1.82) is 0 Å². The zero-order valence-electron chi connectivity index (χ0n) is 9.37. The predicted molar refractivity (Wildman–Crippen MR) is 64.0 cm³/mol. The van der Waals surface area contributed by atoms with Gasteiger partial charge in [-0.25, -0.2) is 0 Å². The molecule has 1 aromatic heterocycles. The van der Waals surface area contributed by atoms with E-state index in [1.165, 1.54) is 0 Å². The highest BCUT2D eigenvalue weighted by Crippen LogP contribution is 2.17. The molecule has 1 unspecified atom stereocenters. The molecule has 0 saturated heterocycles. The fourth-order valence-corrected chi connectivity index (χ4v) is 1.52. The Morgan fingerprint density at radius 1 is 1.29 bits per heavy atom. The second-order valence-corrected chi connectivity index (χ2v) is 3.85. The second kappa shape index (κ2) is 5.41. The number of phenols is 1. The van der Waals surface area contributed by atoms with Crippen LogP contribution in [0.4, 0.5) is 0 Å². The maximum Gasteiger partial charge on any atom is 0.123 e. The van der Waals surface area contributed by atoms with Crippen LogP contribution >= 0.6 is 0 Å². The summed E-state index contributed by atoms with van der Waals surface area (Å²) in [6.07, 6.45) is 2.25. The molecule has 1 aromatic carbocycles. The van der Waals surface area contributed by atoms with Gasteiger partial charge in [-0.15, -0.1) is 0 Å². The lowest BCUT2D eigenvalue weighted by atomic mass is 10.2. The molecule has 0 spiro atoms. The number of aromatic hydroxyl groups is 1. The molecule has 3 N–H and O–H groups in total. The van der Waals surface area contributed by atoms with Crippen molar-refractivity contribution in [2.45, 2.75) is 12.5 Å². The molecule has 17 heavy (non-hydrogen) atoms. The Morgan fingerprint density at radius 3 is 2.88 bits per heavy atom. The first-order valence-corrected chi connectivity index (χ1v) is 5.44. The standard InChI is InChI=1S/C13H15NO3/c14-10(7-12-5-2-6-16-12)9-17-13-4-1-3-11(15)8-13/h1-6,8,10,15H,7,9,14H2. The molecule has 0 fully saturated rings. The lowest BCUT2D eigenvalue weighted by Crippen LogP contribution is -2.29. The minimum atomic E-state index is -0.136. The SMILES string of the molecule is NC(COc1cccc(O)c1)Cc1ccco1. The molecule has 0 aliphatic heterocycles. The Bertz CT molecular complexity index is 453. The Balaban J connectivity index is 1.82. The first-order valence-electron chi connectivity index (χ1n) is 5.44. The van der Waals surface area contributed by atoms with E-state index in [2.05, 4.69) is 0 Å². The number of hydrogen-bond acceptors (Lipinski definition) is 4. The van der Waals surface area contributed by atoms with Crippen molar-refractivity contribution in [3.8, 4) is 11.5 Å². The smallest absolute Gasteiger partial charge is 0.123 e. The fourth-order valence-electron chi connectivity index (χ4n) is 1.52. The molecular formula is C13H15NO3. The van der Waals surface area contributed by atoms with Crippen LogP contribution in [0, 0.1) is 0 Å². The summed E-state index contributed by atoms with van der Waals surface area (Å²) >= 11 is 0. The molecule has 90 valence electrons. The van der Waals surface area contributed by atoms with E-state index >= 15 is 0 Å². The molecular weight excluding hydrogens is 218 g/mol. The normalized spacial score (nSPS) is 12.3. The van der Waals surface area contributed by atoms with E-state index < -0.39 is 0 Å². The largest absolute Gasteiger partial charge is 0.508 e. The number of furan rings is 1. The highest BCUT2D eigenvalue weighted by molar-refractivity contribution is 5.31. The van der Waals surface area contributed by atoms with E-state index in [0.717, 1.165) is 5.76 Å². The van der Waals surface area contributed by atoms with E-state index in [4.69, 9.17) is 14.9 Å².